The summed E-state index contributed by atoms with van der Waals surface area (Å²) in [6, 6.07) is 0. The maximum Gasteiger partial charge on any atom is 0.306 e. The van der Waals surface area contributed by atoms with Crippen molar-refractivity contribution in [1.82, 2.24) is 0 Å². The average Bonchev–Trinajstić information content (AvgIpc) is 3.41. The number of carbonyl (C=O) groups excluding carboxylic acids is 3. The molecule has 0 N–H and O–H groups in total. The van der Waals surface area contributed by atoms with Crippen LogP contribution < -0.4 is 0 Å². The molecular weight excluding hydrogens is 925 g/mol. The smallest absolute Gasteiger partial charge is 0.306 e. The summed E-state index contributed by atoms with van der Waals surface area (Å²) in [6.07, 6.45) is 83.2. The normalized spacial score (nSPS) is 12.6. The molecule has 1 atom stereocenters. The van der Waals surface area contributed by atoms with Gasteiger partial charge in [-0.05, 0) is 89.9 Å². The molecule has 0 spiro atoms. The lowest BCUT2D eigenvalue weighted by Gasteiger charge is -2.18. The summed E-state index contributed by atoms with van der Waals surface area (Å²) in [7, 11) is 0. The molecule has 0 fully saturated rings. The van der Waals surface area contributed by atoms with Gasteiger partial charge in [-0.25, -0.2) is 0 Å². The van der Waals surface area contributed by atoms with Gasteiger partial charge in [0.05, 0.1) is 0 Å². The molecule has 0 radical (unpaired) electrons. The Bertz CT molecular complexity index is 1430. The molecule has 0 aromatic carbocycles. The topological polar surface area (TPSA) is 78.9 Å². The molecule has 0 aliphatic carbocycles. The fourth-order valence-corrected chi connectivity index (χ4v) is 9.08. The number of esters is 3. The van der Waals surface area contributed by atoms with Crippen molar-refractivity contribution in [2.75, 3.05) is 13.2 Å². The quantitative estimate of drug-likeness (QED) is 0.0261. The molecule has 0 aromatic rings. The van der Waals surface area contributed by atoms with E-state index in [4.69, 9.17) is 14.2 Å². The van der Waals surface area contributed by atoms with E-state index >= 15 is 0 Å². The maximum absolute atomic E-state index is 12.8. The number of hydrogen-bond acceptors (Lipinski definition) is 6. The van der Waals surface area contributed by atoms with Crippen LogP contribution in [0, 0.1) is 0 Å². The van der Waals surface area contributed by atoms with Crippen LogP contribution in [0.2, 0.25) is 0 Å². The van der Waals surface area contributed by atoms with E-state index in [9.17, 15) is 14.4 Å². The van der Waals surface area contributed by atoms with E-state index in [2.05, 4.69) is 106 Å². The predicted octanol–water partition coefficient (Wildman–Crippen LogP) is 21.9. The Hall–Kier alpha value is -3.41. The van der Waals surface area contributed by atoms with Crippen LogP contribution in [0.1, 0.15) is 316 Å². The predicted molar refractivity (Wildman–Crippen MR) is 325 cm³/mol. The van der Waals surface area contributed by atoms with Gasteiger partial charge in [-0.3, -0.25) is 14.4 Å². The lowest BCUT2D eigenvalue weighted by atomic mass is 10.0. The Kier molecular flexibility index (Phi) is 60.3. The molecule has 0 amide bonds. The van der Waals surface area contributed by atoms with Crippen LogP contribution in [0.15, 0.2) is 85.1 Å². The monoisotopic (exact) mass is 1040 g/mol. The molecule has 432 valence electrons. The zero-order valence-electron chi connectivity index (χ0n) is 49.6. The summed E-state index contributed by atoms with van der Waals surface area (Å²) in [6.45, 7) is 6.49. The van der Waals surface area contributed by atoms with Crippen LogP contribution in [-0.2, 0) is 28.6 Å². The van der Waals surface area contributed by atoms with Crippen molar-refractivity contribution < 1.29 is 28.6 Å². The molecule has 1 unspecified atom stereocenters. The van der Waals surface area contributed by atoms with Gasteiger partial charge < -0.3 is 14.2 Å². The second kappa shape index (κ2) is 63.1. The summed E-state index contributed by atoms with van der Waals surface area (Å²) in [5.41, 5.74) is 0. The molecule has 0 rings (SSSR count). The van der Waals surface area contributed by atoms with Gasteiger partial charge in [0.2, 0.25) is 0 Å². The number of unbranched alkanes of at least 4 members (excludes halogenated alkanes) is 33. The first kappa shape index (κ1) is 71.6. The fraction of sp³-hybridized carbons (Fsp3) is 0.754. The number of allylic oxidation sites excluding steroid dienone is 14. The molecule has 0 saturated carbocycles. The van der Waals surface area contributed by atoms with E-state index in [1.165, 1.54) is 161 Å². The third-order valence-corrected chi connectivity index (χ3v) is 13.9. The zero-order chi connectivity index (χ0) is 54.3. The van der Waals surface area contributed by atoms with Gasteiger partial charge >= 0.3 is 17.9 Å². The minimum absolute atomic E-state index is 0.0774. The van der Waals surface area contributed by atoms with E-state index in [-0.39, 0.29) is 31.1 Å². The Balaban J connectivity index is 4.08. The SMILES string of the molecule is CC/C=C\C/C=C\C/C=C\C/C=C\C/C=C\CCCCCCCCCCCCCCCCCCCC(=O)OCC(COC(=O)CCCCCCCCCCCC)OC(=O)CCCCCCC/C=C\C/C=C\CCCC. The highest BCUT2D eigenvalue weighted by molar-refractivity contribution is 5.71. The first-order valence-corrected chi connectivity index (χ1v) is 32.1. The lowest BCUT2D eigenvalue weighted by Crippen LogP contribution is -2.30. The summed E-state index contributed by atoms with van der Waals surface area (Å²) in [5.74, 6) is -0.881. The Labute approximate surface area is 465 Å². The Morgan fingerprint density at radius 3 is 0.853 bits per heavy atom. The van der Waals surface area contributed by atoms with Gasteiger partial charge in [-0.15, -0.1) is 0 Å². The van der Waals surface area contributed by atoms with Crippen molar-refractivity contribution in [3.63, 3.8) is 0 Å². The van der Waals surface area contributed by atoms with Gasteiger partial charge in [0.1, 0.15) is 13.2 Å². The molecule has 0 aromatic heterocycles. The molecule has 0 aliphatic rings. The maximum atomic E-state index is 12.8. The average molecular weight is 1050 g/mol. The molecule has 6 heteroatoms. The van der Waals surface area contributed by atoms with E-state index in [0.29, 0.717) is 19.3 Å². The van der Waals surface area contributed by atoms with Crippen LogP contribution in [0.4, 0.5) is 0 Å². The van der Waals surface area contributed by atoms with E-state index < -0.39 is 6.10 Å². The van der Waals surface area contributed by atoms with Crippen molar-refractivity contribution in [3.05, 3.63) is 85.1 Å². The van der Waals surface area contributed by atoms with Crippen molar-refractivity contribution in [2.45, 2.75) is 322 Å². The highest BCUT2D eigenvalue weighted by Gasteiger charge is 2.19. The second-order valence-corrected chi connectivity index (χ2v) is 21.3. The summed E-state index contributed by atoms with van der Waals surface area (Å²) < 4.78 is 16.9. The molecule has 6 nitrogen and oxygen atoms in total. The number of hydrogen-bond donors (Lipinski definition) is 0. The van der Waals surface area contributed by atoms with Crippen LogP contribution in [-0.4, -0.2) is 37.2 Å². The highest BCUT2D eigenvalue weighted by atomic mass is 16.6. The van der Waals surface area contributed by atoms with Crippen molar-refractivity contribution in [3.8, 4) is 0 Å². The summed E-state index contributed by atoms with van der Waals surface area (Å²) >= 11 is 0. The summed E-state index contributed by atoms with van der Waals surface area (Å²) in [4.78, 5) is 38.1. The third-order valence-electron chi connectivity index (χ3n) is 13.9. The first-order chi connectivity index (χ1) is 37.0. The molecular formula is C69H120O6. The van der Waals surface area contributed by atoms with Crippen LogP contribution in [0.25, 0.3) is 0 Å². The molecule has 75 heavy (non-hydrogen) atoms. The number of ether oxygens (including phenoxy) is 3. The summed E-state index contributed by atoms with van der Waals surface area (Å²) in [5, 5.41) is 0. The van der Waals surface area contributed by atoms with E-state index in [1.54, 1.807) is 0 Å². The standard InChI is InChI=1S/C69H120O6/c1-4-7-10-13-16-19-22-24-26-27-28-29-30-31-32-33-34-35-36-37-38-39-40-41-42-43-44-46-47-50-53-56-59-62-68(71)74-65-66(64-73-67(70)61-58-55-52-49-21-18-15-12-9-6-3)75-69(72)63-60-57-54-51-48-45-25-23-20-17-14-11-8-5-2/h7,10,14,16-17,19,23-26,28-29,31-32,66H,4-6,8-9,11-13,15,18,20-22,27,30,33-65H2,1-3H3/b10-7-,17-14-,19-16-,25-23-,26-24-,29-28-,32-31-. The Morgan fingerprint density at radius 2 is 0.533 bits per heavy atom. The van der Waals surface area contributed by atoms with Gasteiger partial charge in [0.25, 0.3) is 0 Å². The van der Waals surface area contributed by atoms with Gasteiger partial charge in [-0.1, -0.05) is 292 Å². The number of rotatable bonds is 58. The highest BCUT2D eigenvalue weighted by Crippen LogP contribution is 2.17. The fourth-order valence-electron chi connectivity index (χ4n) is 9.08. The second-order valence-electron chi connectivity index (χ2n) is 21.3. The van der Waals surface area contributed by atoms with Gasteiger partial charge in [-0.2, -0.15) is 0 Å². The van der Waals surface area contributed by atoms with Crippen LogP contribution in [0.3, 0.4) is 0 Å². The minimum atomic E-state index is -0.779. The van der Waals surface area contributed by atoms with Crippen molar-refractivity contribution in [2.24, 2.45) is 0 Å². The molecule has 0 heterocycles. The Morgan fingerprint density at radius 1 is 0.280 bits per heavy atom. The van der Waals surface area contributed by atoms with E-state index in [0.717, 1.165) is 116 Å². The van der Waals surface area contributed by atoms with Crippen LogP contribution >= 0.6 is 0 Å². The zero-order valence-corrected chi connectivity index (χ0v) is 49.6. The van der Waals surface area contributed by atoms with E-state index in [1.807, 2.05) is 0 Å². The van der Waals surface area contributed by atoms with Crippen LogP contribution in [0.5, 0.6) is 0 Å². The first-order valence-electron chi connectivity index (χ1n) is 32.1. The van der Waals surface area contributed by atoms with Gasteiger partial charge in [0, 0.05) is 19.3 Å². The lowest BCUT2D eigenvalue weighted by molar-refractivity contribution is -0.167. The molecule has 0 bridgehead atoms. The largest absolute Gasteiger partial charge is 0.462 e. The van der Waals surface area contributed by atoms with Gasteiger partial charge in [0.15, 0.2) is 6.10 Å². The van der Waals surface area contributed by atoms with Crippen molar-refractivity contribution in [1.29, 1.82) is 0 Å². The minimum Gasteiger partial charge on any atom is -0.462 e. The third kappa shape index (κ3) is 61.3. The van der Waals surface area contributed by atoms with Crippen molar-refractivity contribution >= 4 is 17.9 Å². The molecule has 0 saturated heterocycles. The number of carbonyl (C=O) groups is 3. The molecule has 0 aliphatic heterocycles.